The molecular formula is C16H24N6O. The van der Waals surface area contributed by atoms with E-state index in [4.69, 9.17) is 4.74 Å². The zero-order chi connectivity index (χ0) is 15.6. The van der Waals surface area contributed by atoms with Crippen molar-refractivity contribution in [2.45, 2.75) is 25.9 Å². The Kier molecular flexibility index (Phi) is 4.13. The fourth-order valence-corrected chi connectivity index (χ4v) is 3.67. The number of nitrogens with zero attached hydrogens (tertiary/aromatic N) is 6. The van der Waals surface area contributed by atoms with E-state index in [9.17, 15) is 0 Å². The molecule has 2 fully saturated rings. The molecule has 4 rings (SSSR count). The molecule has 124 valence electrons. The Morgan fingerprint density at radius 3 is 2.91 bits per heavy atom. The normalized spacial score (nSPS) is 26.7. The van der Waals surface area contributed by atoms with Gasteiger partial charge in [0, 0.05) is 39.3 Å². The molecule has 0 aliphatic carbocycles. The molecule has 0 bridgehead atoms. The van der Waals surface area contributed by atoms with Crippen molar-refractivity contribution in [3.63, 3.8) is 0 Å². The second-order valence-electron chi connectivity index (χ2n) is 6.68. The highest BCUT2D eigenvalue weighted by molar-refractivity contribution is 5.45. The van der Waals surface area contributed by atoms with E-state index in [1.54, 1.807) is 10.8 Å². The largest absolute Gasteiger partial charge is 0.378 e. The third-order valence-corrected chi connectivity index (χ3v) is 4.95. The van der Waals surface area contributed by atoms with E-state index in [1.165, 1.54) is 19.4 Å². The van der Waals surface area contributed by atoms with Crippen LogP contribution in [0.5, 0.6) is 0 Å². The van der Waals surface area contributed by atoms with E-state index in [-0.39, 0.29) is 0 Å². The Labute approximate surface area is 136 Å². The summed E-state index contributed by atoms with van der Waals surface area (Å²) in [6.45, 7) is 8.59. The van der Waals surface area contributed by atoms with Crippen LogP contribution in [0.1, 0.15) is 19.8 Å². The Morgan fingerprint density at radius 1 is 1.22 bits per heavy atom. The molecule has 0 spiro atoms. The predicted molar refractivity (Wildman–Crippen MR) is 87.6 cm³/mol. The number of fused-ring (bicyclic) bond motifs is 1. The summed E-state index contributed by atoms with van der Waals surface area (Å²) in [7, 11) is 0. The first-order valence-corrected chi connectivity index (χ1v) is 8.54. The van der Waals surface area contributed by atoms with Gasteiger partial charge in [-0.3, -0.25) is 4.90 Å². The van der Waals surface area contributed by atoms with Gasteiger partial charge in [-0.05, 0) is 37.8 Å². The van der Waals surface area contributed by atoms with Gasteiger partial charge in [0.05, 0.1) is 6.10 Å². The first kappa shape index (κ1) is 14.8. The summed E-state index contributed by atoms with van der Waals surface area (Å²) in [5.74, 6) is 1.80. The molecular weight excluding hydrogens is 292 g/mol. The maximum atomic E-state index is 5.65. The molecule has 2 aliphatic rings. The SMILES string of the molecule is CC1CC(CN2CCN(c3ccc4nncn4n3)CC2)CCO1. The average molecular weight is 316 g/mol. The minimum atomic E-state index is 0.426. The minimum Gasteiger partial charge on any atom is -0.378 e. The molecule has 7 heteroatoms. The summed E-state index contributed by atoms with van der Waals surface area (Å²) in [5, 5.41) is 12.5. The van der Waals surface area contributed by atoms with Crippen molar-refractivity contribution in [3.05, 3.63) is 18.5 Å². The Morgan fingerprint density at radius 2 is 2.09 bits per heavy atom. The van der Waals surface area contributed by atoms with Gasteiger partial charge in [-0.2, -0.15) is 4.52 Å². The van der Waals surface area contributed by atoms with Gasteiger partial charge in [-0.25, -0.2) is 0 Å². The molecule has 4 heterocycles. The van der Waals surface area contributed by atoms with E-state index in [0.29, 0.717) is 6.10 Å². The third-order valence-electron chi connectivity index (χ3n) is 4.95. The standard InChI is InChI=1S/C16H24N6O/c1-13-10-14(4-9-23-13)11-20-5-7-21(8-6-20)16-3-2-15-18-17-12-22(15)19-16/h2-3,12-14H,4-11H2,1H3. The number of aromatic nitrogens is 4. The van der Waals surface area contributed by atoms with Crippen LogP contribution < -0.4 is 4.90 Å². The van der Waals surface area contributed by atoms with E-state index < -0.39 is 0 Å². The maximum Gasteiger partial charge on any atom is 0.177 e. The van der Waals surface area contributed by atoms with Gasteiger partial charge in [0.25, 0.3) is 0 Å². The summed E-state index contributed by atoms with van der Waals surface area (Å²) in [6, 6.07) is 4.02. The zero-order valence-corrected chi connectivity index (χ0v) is 13.6. The van der Waals surface area contributed by atoms with Crippen molar-refractivity contribution < 1.29 is 4.74 Å². The van der Waals surface area contributed by atoms with Crippen LogP contribution in [0.4, 0.5) is 5.82 Å². The smallest absolute Gasteiger partial charge is 0.177 e. The summed E-state index contributed by atoms with van der Waals surface area (Å²) in [5.41, 5.74) is 0.793. The molecule has 23 heavy (non-hydrogen) atoms. The molecule has 0 aromatic carbocycles. The molecule has 0 amide bonds. The number of anilines is 1. The molecule has 2 aliphatic heterocycles. The van der Waals surface area contributed by atoms with Crippen LogP contribution in [-0.4, -0.2) is 70.1 Å². The first-order valence-electron chi connectivity index (χ1n) is 8.54. The van der Waals surface area contributed by atoms with Crippen molar-refractivity contribution >= 4 is 11.5 Å². The van der Waals surface area contributed by atoms with Gasteiger partial charge < -0.3 is 9.64 Å². The quantitative estimate of drug-likeness (QED) is 0.844. The Balaban J connectivity index is 1.33. The van der Waals surface area contributed by atoms with Crippen LogP contribution in [0.3, 0.4) is 0 Å². The van der Waals surface area contributed by atoms with Gasteiger partial charge in [-0.1, -0.05) is 0 Å². The second-order valence-corrected chi connectivity index (χ2v) is 6.68. The maximum absolute atomic E-state index is 5.65. The van der Waals surface area contributed by atoms with Crippen molar-refractivity contribution in [3.8, 4) is 0 Å². The lowest BCUT2D eigenvalue weighted by Gasteiger charge is -2.38. The molecule has 0 N–H and O–H groups in total. The van der Waals surface area contributed by atoms with Crippen molar-refractivity contribution in [1.82, 2.24) is 24.7 Å². The van der Waals surface area contributed by atoms with Gasteiger partial charge in [-0.15, -0.1) is 15.3 Å². The summed E-state index contributed by atoms with van der Waals surface area (Å²) in [6.07, 6.45) is 4.49. The Bertz CT molecular complexity index is 651. The molecule has 2 aromatic rings. The van der Waals surface area contributed by atoms with Gasteiger partial charge in [0.15, 0.2) is 5.65 Å². The average Bonchev–Trinajstić information content (AvgIpc) is 3.03. The lowest BCUT2D eigenvalue weighted by atomic mass is 9.95. The van der Waals surface area contributed by atoms with Gasteiger partial charge in [0.1, 0.15) is 12.1 Å². The minimum absolute atomic E-state index is 0.426. The van der Waals surface area contributed by atoms with Gasteiger partial charge in [0.2, 0.25) is 0 Å². The number of piperazine rings is 1. The highest BCUT2D eigenvalue weighted by atomic mass is 16.5. The first-order chi connectivity index (χ1) is 11.3. The zero-order valence-electron chi connectivity index (χ0n) is 13.6. The lowest BCUT2D eigenvalue weighted by Crippen LogP contribution is -2.48. The van der Waals surface area contributed by atoms with Crippen LogP contribution in [0.15, 0.2) is 18.5 Å². The monoisotopic (exact) mass is 316 g/mol. The topological polar surface area (TPSA) is 58.8 Å². The van der Waals surface area contributed by atoms with Crippen molar-refractivity contribution in [2.24, 2.45) is 5.92 Å². The summed E-state index contributed by atoms with van der Waals surface area (Å²) in [4.78, 5) is 4.94. The highest BCUT2D eigenvalue weighted by Crippen LogP contribution is 2.22. The molecule has 7 nitrogen and oxygen atoms in total. The summed E-state index contributed by atoms with van der Waals surface area (Å²) >= 11 is 0. The summed E-state index contributed by atoms with van der Waals surface area (Å²) < 4.78 is 7.39. The molecule has 2 aromatic heterocycles. The molecule has 0 radical (unpaired) electrons. The number of hydrogen-bond donors (Lipinski definition) is 0. The number of rotatable bonds is 3. The number of ether oxygens (including phenoxy) is 1. The Hall–Kier alpha value is -1.73. The van der Waals surface area contributed by atoms with E-state index in [0.717, 1.165) is 50.2 Å². The van der Waals surface area contributed by atoms with Crippen LogP contribution >= 0.6 is 0 Å². The van der Waals surface area contributed by atoms with Crippen LogP contribution in [0, 0.1) is 5.92 Å². The molecule has 2 saturated heterocycles. The predicted octanol–water partition coefficient (Wildman–Crippen LogP) is 1.06. The fourth-order valence-electron chi connectivity index (χ4n) is 3.67. The fraction of sp³-hybridized carbons (Fsp3) is 0.688. The van der Waals surface area contributed by atoms with E-state index >= 15 is 0 Å². The molecule has 0 saturated carbocycles. The molecule has 2 atom stereocenters. The molecule has 2 unspecified atom stereocenters. The van der Waals surface area contributed by atoms with Crippen molar-refractivity contribution in [2.75, 3.05) is 44.2 Å². The van der Waals surface area contributed by atoms with Crippen molar-refractivity contribution in [1.29, 1.82) is 0 Å². The van der Waals surface area contributed by atoms with Crippen LogP contribution in [0.25, 0.3) is 5.65 Å². The van der Waals surface area contributed by atoms with E-state index in [1.807, 2.05) is 12.1 Å². The van der Waals surface area contributed by atoms with Crippen LogP contribution in [0.2, 0.25) is 0 Å². The van der Waals surface area contributed by atoms with Gasteiger partial charge >= 0.3 is 0 Å². The number of hydrogen-bond acceptors (Lipinski definition) is 6. The highest BCUT2D eigenvalue weighted by Gasteiger charge is 2.24. The van der Waals surface area contributed by atoms with Crippen LogP contribution in [-0.2, 0) is 4.74 Å². The third kappa shape index (κ3) is 3.30. The van der Waals surface area contributed by atoms with E-state index in [2.05, 4.69) is 32.0 Å². The lowest BCUT2D eigenvalue weighted by molar-refractivity contribution is -0.00588. The second kappa shape index (κ2) is 6.41.